The van der Waals surface area contributed by atoms with Crippen LogP contribution in [0.2, 0.25) is 0 Å². The van der Waals surface area contributed by atoms with Gasteiger partial charge in [0.1, 0.15) is 0 Å². The number of aromatic hydroxyl groups is 1. The summed E-state index contributed by atoms with van der Waals surface area (Å²) >= 11 is 3.45. The molecule has 0 spiro atoms. The van der Waals surface area contributed by atoms with E-state index in [0.717, 1.165) is 16.5 Å². The second-order valence-electron chi connectivity index (χ2n) is 4.90. The van der Waals surface area contributed by atoms with Gasteiger partial charge in [-0.25, -0.2) is 0 Å². The molecule has 3 nitrogen and oxygen atoms in total. The SMILES string of the molecule is CCC(NCc1ccc(OC)c(O)c1)c1ccc(Br)cc1. The number of rotatable bonds is 6. The van der Waals surface area contributed by atoms with E-state index >= 15 is 0 Å². The lowest BCUT2D eigenvalue weighted by molar-refractivity contribution is 0.372. The van der Waals surface area contributed by atoms with Crippen LogP contribution in [0.5, 0.6) is 11.5 Å². The molecule has 0 aliphatic carbocycles. The van der Waals surface area contributed by atoms with E-state index < -0.39 is 0 Å². The fourth-order valence-electron chi connectivity index (χ4n) is 2.28. The number of phenolic OH excluding ortho intramolecular Hbond substituents is 1. The lowest BCUT2D eigenvalue weighted by Crippen LogP contribution is -2.20. The molecule has 0 heterocycles. The van der Waals surface area contributed by atoms with E-state index in [1.54, 1.807) is 19.2 Å². The summed E-state index contributed by atoms with van der Waals surface area (Å²) in [6, 6.07) is 14.1. The van der Waals surface area contributed by atoms with Crippen molar-refractivity contribution in [3.8, 4) is 11.5 Å². The Bertz CT molecular complexity index is 584. The van der Waals surface area contributed by atoms with Crippen LogP contribution >= 0.6 is 15.9 Å². The van der Waals surface area contributed by atoms with Crippen LogP contribution in [0.4, 0.5) is 0 Å². The van der Waals surface area contributed by atoms with Gasteiger partial charge in [-0.3, -0.25) is 0 Å². The Morgan fingerprint density at radius 1 is 1.19 bits per heavy atom. The zero-order chi connectivity index (χ0) is 15.2. The largest absolute Gasteiger partial charge is 0.504 e. The molecule has 2 aromatic carbocycles. The predicted molar refractivity (Wildman–Crippen MR) is 88.7 cm³/mol. The average Bonchev–Trinajstić information content (AvgIpc) is 2.49. The van der Waals surface area contributed by atoms with Gasteiger partial charge in [-0.15, -0.1) is 0 Å². The number of halogens is 1. The highest BCUT2D eigenvalue weighted by Gasteiger charge is 2.09. The molecule has 2 rings (SSSR count). The molecule has 0 saturated heterocycles. The van der Waals surface area contributed by atoms with Crippen LogP contribution in [-0.2, 0) is 6.54 Å². The van der Waals surface area contributed by atoms with Crippen molar-refractivity contribution in [3.63, 3.8) is 0 Å². The average molecular weight is 350 g/mol. The molecule has 0 aromatic heterocycles. The van der Waals surface area contributed by atoms with Crippen LogP contribution in [0.25, 0.3) is 0 Å². The molecule has 0 amide bonds. The normalized spacial score (nSPS) is 12.1. The van der Waals surface area contributed by atoms with E-state index in [4.69, 9.17) is 4.74 Å². The van der Waals surface area contributed by atoms with Crippen molar-refractivity contribution < 1.29 is 9.84 Å². The second-order valence-corrected chi connectivity index (χ2v) is 5.82. The minimum absolute atomic E-state index is 0.175. The second kappa shape index (κ2) is 7.48. The number of methoxy groups -OCH3 is 1. The van der Waals surface area contributed by atoms with E-state index in [1.165, 1.54) is 5.56 Å². The highest BCUT2D eigenvalue weighted by Crippen LogP contribution is 2.27. The summed E-state index contributed by atoms with van der Waals surface area (Å²) in [5.41, 5.74) is 2.29. The van der Waals surface area contributed by atoms with Crippen LogP contribution < -0.4 is 10.1 Å². The molecule has 0 aliphatic rings. The molecule has 0 radical (unpaired) electrons. The van der Waals surface area contributed by atoms with Gasteiger partial charge in [0.25, 0.3) is 0 Å². The van der Waals surface area contributed by atoms with Gasteiger partial charge in [-0.2, -0.15) is 0 Å². The van der Waals surface area contributed by atoms with E-state index in [1.807, 2.05) is 6.07 Å². The monoisotopic (exact) mass is 349 g/mol. The summed E-state index contributed by atoms with van der Waals surface area (Å²) < 4.78 is 6.14. The third kappa shape index (κ3) is 4.22. The fourth-order valence-corrected chi connectivity index (χ4v) is 2.54. The number of ether oxygens (including phenoxy) is 1. The predicted octanol–water partition coefficient (Wildman–Crippen LogP) is 4.40. The van der Waals surface area contributed by atoms with Crippen LogP contribution in [-0.4, -0.2) is 12.2 Å². The molecule has 112 valence electrons. The maximum atomic E-state index is 9.80. The van der Waals surface area contributed by atoms with Gasteiger partial charge >= 0.3 is 0 Å². The zero-order valence-electron chi connectivity index (χ0n) is 12.3. The van der Waals surface area contributed by atoms with E-state index in [2.05, 4.69) is 52.4 Å². The molecule has 4 heteroatoms. The van der Waals surface area contributed by atoms with Crippen molar-refractivity contribution in [2.24, 2.45) is 0 Å². The lowest BCUT2D eigenvalue weighted by atomic mass is 10.0. The van der Waals surface area contributed by atoms with Crippen LogP contribution in [0.1, 0.15) is 30.5 Å². The third-order valence-corrected chi connectivity index (χ3v) is 4.01. The van der Waals surface area contributed by atoms with Gasteiger partial charge in [0.2, 0.25) is 0 Å². The molecule has 2 N–H and O–H groups in total. The van der Waals surface area contributed by atoms with Gasteiger partial charge in [0.15, 0.2) is 11.5 Å². The van der Waals surface area contributed by atoms with E-state index in [-0.39, 0.29) is 5.75 Å². The molecule has 21 heavy (non-hydrogen) atoms. The fraction of sp³-hybridized carbons (Fsp3) is 0.294. The first-order chi connectivity index (χ1) is 10.1. The summed E-state index contributed by atoms with van der Waals surface area (Å²) in [6.07, 6.45) is 1.00. The minimum atomic E-state index is 0.175. The molecule has 1 atom stereocenters. The number of hydrogen-bond donors (Lipinski definition) is 2. The van der Waals surface area contributed by atoms with Gasteiger partial charge in [-0.05, 0) is 41.8 Å². The zero-order valence-corrected chi connectivity index (χ0v) is 13.9. The number of benzene rings is 2. The number of nitrogens with one attached hydrogen (secondary N) is 1. The maximum Gasteiger partial charge on any atom is 0.160 e. The van der Waals surface area contributed by atoms with Crippen molar-refractivity contribution in [2.45, 2.75) is 25.9 Å². The first-order valence-corrected chi connectivity index (χ1v) is 7.78. The molecule has 0 bridgehead atoms. The number of phenols is 1. The van der Waals surface area contributed by atoms with Crippen LogP contribution in [0.15, 0.2) is 46.9 Å². The quantitative estimate of drug-likeness (QED) is 0.811. The van der Waals surface area contributed by atoms with Crippen molar-refractivity contribution in [3.05, 3.63) is 58.1 Å². The molecular formula is C17H20BrNO2. The molecule has 0 fully saturated rings. The summed E-state index contributed by atoms with van der Waals surface area (Å²) in [4.78, 5) is 0. The van der Waals surface area contributed by atoms with Crippen molar-refractivity contribution >= 4 is 15.9 Å². The summed E-state index contributed by atoms with van der Waals surface area (Å²) in [6.45, 7) is 2.86. The standard InChI is InChI=1S/C17H20BrNO2/c1-3-15(13-5-7-14(18)8-6-13)19-11-12-4-9-17(21-2)16(20)10-12/h4-10,15,19-20H,3,11H2,1-2H3. The first kappa shape index (κ1) is 15.9. The van der Waals surface area contributed by atoms with Gasteiger partial charge in [-0.1, -0.05) is 41.1 Å². The molecular weight excluding hydrogens is 330 g/mol. The van der Waals surface area contributed by atoms with Crippen molar-refractivity contribution in [1.29, 1.82) is 0 Å². The maximum absolute atomic E-state index is 9.80. The molecule has 0 aliphatic heterocycles. The minimum Gasteiger partial charge on any atom is -0.504 e. The Balaban J connectivity index is 2.03. The molecule has 1 unspecified atom stereocenters. The number of hydrogen-bond acceptors (Lipinski definition) is 3. The van der Waals surface area contributed by atoms with E-state index in [9.17, 15) is 5.11 Å². The van der Waals surface area contributed by atoms with Gasteiger partial charge < -0.3 is 15.2 Å². The molecule has 0 saturated carbocycles. The lowest BCUT2D eigenvalue weighted by Gasteiger charge is -2.18. The Morgan fingerprint density at radius 2 is 1.90 bits per heavy atom. The van der Waals surface area contributed by atoms with Crippen molar-refractivity contribution in [1.82, 2.24) is 5.32 Å². The summed E-state index contributed by atoms with van der Waals surface area (Å²) in [7, 11) is 1.55. The van der Waals surface area contributed by atoms with Gasteiger partial charge in [0.05, 0.1) is 7.11 Å². The summed E-state index contributed by atoms with van der Waals surface area (Å²) in [5, 5.41) is 13.3. The van der Waals surface area contributed by atoms with Crippen LogP contribution in [0, 0.1) is 0 Å². The Hall–Kier alpha value is -1.52. The Morgan fingerprint density at radius 3 is 2.48 bits per heavy atom. The summed E-state index contributed by atoms with van der Waals surface area (Å²) in [5.74, 6) is 0.673. The first-order valence-electron chi connectivity index (χ1n) is 6.98. The van der Waals surface area contributed by atoms with Crippen molar-refractivity contribution in [2.75, 3.05) is 7.11 Å². The topological polar surface area (TPSA) is 41.5 Å². The highest BCUT2D eigenvalue weighted by atomic mass is 79.9. The van der Waals surface area contributed by atoms with E-state index in [0.29, 0.717) is 18.3 Å². The smallest absolute Gasteiger partial charge is 0.160 e. The highest BCUT2D eigenvalue weighted by molar-refractivity contribution is 9.10. The van der Waals surface area contributed by atoms with Crippen LogP contribution in [0.3, 0.4) is 0 Å². The van der Waals surface area contributed by atoms with Gasteiger partial charge in [0, 0.05) is 17.1 Å². The molecule has 2 aromatic rings. The Labute approximate surface area is 134 Å². The Kier molecular flexibility index (Phi) is 5.65. The third-order valence-electron chi connectivity index (χ3n) is 3.48.